The lowest BCUT2D eigenvalue weighted by molar-refractivity contribution is 0.00718. The van der Waals surface area contributed by atoms with E-state index in [0.717, 1.165) is 32.5 Å². The van der Waals surface area contributed by atoms with Crippen LogP contribution in [0.4, 0.5) is 0 Å². The third-order valence-electron chi connectivity index (χ3n) is 3.93. The van der Waals surface area contributed by atoms with Gasteiger partial charge in [0.2, 0.25) is 6.79 Å². The van der Waals surface area contributed by atoms with Gasteiger partial charge in [-0.2, -0.15) is 0 Å². The summed E-state index contributed by atoms with van der Waals surface area (Å²) in [4.78, 5) is 14.6. The SMILES string of the molecule is CCOC1CCCN(CC(=O)c2ccc3c(c2)OCO3)C1. The lowest BCUT2D eigenvalue weighted by atomic mass is 10.1. The first kappa shape index (κ1) is 14.4. The molecule has 0 amide bonds. The van der Waals surface area contributed by atoms with Crippen LogP contribution >= 0.6 is 0 Å². The van der Waals surface area contributed by atoms with Gasteiger partial charge in [0.05, 0.1) is 12.6 Å². The summed E-state index contributed by atoms with van der Waals surface area (Å²) >= 11 is 0. The number of carbonyl (C=O) groups excluding carboxylic acids is 1. The number of ether oxygens (including phenoxy) is 3. The molecule has 1 atom stereocenters. The summed E-state index contributed by atoms with van der Waals surface area (Å²) < 4.78 is 16.3. The highest BCUT2D eigenvalue weighted by Crippen LogP contribution is 2.32. The summed E-state index contributed by atoms with van der Waals surface area (Å²) in [5, 5.41) is 0. The summed E-state index contributed by atoms with van der Waals surface area (Å²) in [6, 6.07) is 5.38. The Kier molecular flexibility index (Phi) is 4.41. The molecular formula is C16H21NO4. The van der Waals surface area contributed by atoms with Crippen LogP contribution in [0.1, 0.15) is 30.1 Å². The number of benzene rings is 1. The Morgan fingerprint density at radius 3 is 3.10 bits per heavy atom. The summed E-state index contributed by atoms with van der Waals surface area (Å²) in [6.07, 6.45) is 2.43. The van der Waals surface area contributed by atoms with Crippen LogP contribution < -0.4 is 9.47 Å². The molecule has 3 rings (SSSR count). The Bertz CT molecular complexity index is 515. The molecule has 5 heteroatoms. The van der Waals surface area contributed by atoms with Crippen molar-refractivity contribution < 1.29 is 19.0 Å². The van der Waals surface area contributed by atoms with Gasteiger partial charge in [-0.25, -0.2) is 0 Å². The molecule has 1 unspecified atom stereocenters. The van der Waals surface area contributed by atoms with Crippen LogP contribution in [0.3, 0.4) is 0 Å². The third-order valence-corrected chi connectivity index (χ3v) is 3.93. The number of piperidine rings is 1. The molecule has 2 heterocycles. The van der Waals surface area contributed by atoms with Crippen molar-refractivity contribution in [2.75, 3.05) is 33.0 Å². The highest BCUT2D eigenvalue weighted by molar-refractivity contribution is 5.98. The van der Waals surface area contributed by atoms with Crippen molar-refractivity contribution in [3.63, 3.8) is 0 Å². The molecule has 0 N–H and O–H groups in total. The van der Waals surface area contributed by atoms with Crippen LogP contribution in [-0.2, 0) is 4.74 Å². The predicted molar refractivity (Wildman–Crippen MR) is 78.0 cm³/mol. The Hall–Kier alpha value is -1.59. The Morgan fingerprint density at radius 1 is 1.38 bits per heavy atom. The van der Waals surface area contributed by atoms with Gasteiger partial charge in [-0.05, 0) is 44.5 Å². The molecular weight excluding hydrogens is 270 g/mol. The zero-order valence-corrected chi connectivity index (χ0v) is 12.3. The number of Topliss-reactive ketones (excluding diaryl/α,β-unsaturated/α-hetero) is 1. The molecule has 2 aliphatic heterocycles. The van der Waals surface area contributed by atoms with Crippen LogP contribution in [0, 0.1) is 0 Å². The van der Waals surface area contributed by atoms with Crippen LogP contribution in [0.15, 0.2) is 18.2 Å². The molecule has 1 fully saturated rings. The van der Waals surface area contributed by atoms with Gasteiger partial charge in [-0.15, -0.1) is 0 Å². The normalized spacial score (nSPS) is 21.5. The zero-order chi connectivity index (χ0) is 14.7. The quantitative estimate of drug-likeness (QED) is 0.778. The number of nitrogens with zero attached hydrogens (tertiary/aromatic N) is 1. The lowest BCUT2D eigenvalue weighted by Crippen LogP contribution is -2.42. The van der Waals surface area contributed by atoms with Crippen molar-refractivity contribution in [1.82, 2.24) is 4.90 Å². The van der Waals surface area contributed by atoms with Crippen LogP contribution in [0.25, 0.3) is 0 Å². The first-order valence-electron chi connectivity index (χ1n) is 7.53. The molecule has 0 aromatic heterocycles. The first-order valence-corrected chi connectivity index (χ1v) is 7.53. The topological polar surface area (TPSA) is 48.0 Å². The van der Waals surface area contributed by atoms with E-state index in [4.69, 9.17) is 14.2 Å². The summed E-state index contributed by atoms with van der Waals surface area (Å²) in [7, 11) is 0. The molecule has 0 spiro atoms. The molecule has 1 aromatic carbocycles. The molecule has 5 nitrogen and oxygen atoms in total. The zero-order valence-electron chi connectivity index (χ0n) is 12.3. The molecule has 114 valence electrons. The van der Waals surface area contributed by atoms with Gasteiger partial charge in [-0.1, -0.05) is 0 Å². The minimum atomic E-state index is 0.116. The van der Waals surface area contributed by atoms with E-state index >= 15 is 0 Å². The number of ketones is 1. The minimum Gasteiger partial charge on any atom is -0.454 e. The van der Waals surface area contributed by atoms with E-state index in [1.54, 1.807) is 18.2 Å². The number of fused-ring (bicyclic) bond motifs is 1. The number of likely N-dealkylation sites (tertiary alicyclic amines) is 1. The lowest BCUT2D eigenvalue weighted by Gasteiger charge is -2.31. The fraction of sp³-hybridized carbons (Fsp3) is 0.562. The van der Waals surface area contributed by atoms with Gasteiger partial charge in [0, 0.05) is 18.7 Å². The highest BCUT2D eigenvalue weighted by Gasteiger charge is 2.23. The molecule has 1 saturated heterocycles. The van der Waals surface area contributed by atoms with E-state index in [1.165, 1.54) is 0 Å². The van der Waals surface area contributed by atoms with E-state index < -0.39 is 0 Å². The fourth-order valence-corrected chi connectivity index (χ4v) is 2.89. The number of hydrogen-bond donors (Lipinski definition) is 0. The molecule has 0 aliphatic carbocycles. The smallest absolute Gasteiger partial charge is 0.231 e. The Balaban J connectivity index is 1.60. The standard InChI is InChI=1S/C16H21NO4/c1-2-19-13-4-3-7-17(9-13)10-14(18)12-5-6-15-16(8-12)21-11-20-15/h5-6,8,13H,2-4,7,9-11H2,1H3. The third kappa shape index (κ3) is 3.36. The summed E-state index contributed by atoms with van der Waals surface area (Å²) in [5.74, 6) is 1.48. The van der Waals surface area contributed by atoms with Crippen molar-refractivity contribution in [1.29, 1.82) is 0 Å². The van der Waals surface area contributed by atoms with Crippen molar-refractivity contribution in [3.05, 3.63) is 23.8 Å². The minimum absolute atomic E-state index is 0.116. The van der Waals surface area contributed by atoms with Gasteiger partial charge in [0.1, 0.15) is 0 Å². The second kappa shape index (κ2) is 6.45. The largest absolute Gasteiger partial charge is 0.454 e. The van der Waals surface area contributed by atoms with E-state index in [2.05, 4.69) is 4.90 Å². The average molecular weight is 291 g/mol. The second-order valence-corrected chi connectivity index (χ2v) is 5.45. The Morgan fingerprint density at radius 2 is 2.24 bits per heavy atom. The van der Waals surface area contributed by atoms with Crippen LogP contribution in [0.5, 0.6) is 11.5 Å². The van der Waals surface area contributed by atoms with E-state index in [0.29, 0.717) is 23.6 Å². The van der Waals surface area contributed by atoms with E-state index in [9.17, 15) is 4.79 Å². The molecule has 0 saturated carbocycles. The monoisotopic (exact) mass is 291 g/mol. The van der Waals surface area contributed by atoms with Crippen LogP contribution in [0.2, 0.25) is 0 Å². The molecule has 0 bridgehead atoms. The maximum absolute atomic E-state index is 12.4. The van der Waals surface area contributed by atoms with Gasteiger partial charge < -0.3 is 14.2 Å². The van der Waals surface area contributed by atoms with Crippen LogP contribution in [-0.4, -0.2) is 49.8 Å². The first-order chi connectivity index (χ1) is 10.3. The van der Waals surface area contributed by atoms with Gasteiger partial charge in [-0.3, -0.25) is 9.69 Å². The van der Waals surface area contributed by atoms with Crippen molar-refractivity contribution in [2.45, 2.75) is 25.9 Å². The van der Waals surface area contributed by atoms with Crippen molar-refractivity contribution in [3.8, 4) is 11.5 Å². The highest BCUT2D eigenvalue weighted by atomic mass is 16.7. The van der Waals surface area contributed by atoms with E-state index in [-0.39, 0.29) is 18.7 Å². The summed E-state index contributed by atoms with van der Waals surface area (Å²) in [6.45, 7) is 5.20. The van der Waals surface area contributed by atoms with Crippen molar-refractivity contribution >= 4 is 5.78 Å². The molecule has 0 radical (unpaired) electrons. The average Bonchev–Trinajstić information content (AvgIpc) is 2.95. The van der Waals surface area contributed by atoms with Gasteiger partial charge in [0.25, 0.3) is 0 Å². The molecule has 21 heavy (non-hydrogen) atoms. The molecule has 2 aliphatic rings. The predicted octanol–water partition coefficient (Wildman–Crippen LogP) is 2.10. The second-order valence-electron chi connectivity index (χ2n) is 5.45. The molecule has 1 aromatic rings. The maximum atomic E-state index is 12.4. The summed E-state index contributed by atoms with van der Waals surface area (Å²) in [5.41, 5.74) is 0.679. The Labute approximate surface area is 124 Å². The van der Waals surface area contributed by atoms with Gasteiger partial charge in [0.15, 0.2) is 17.3 Å². The maximum Gasteiger partial charge on any atom is 0.231 e. The van der Waals surface area contributed by atoms with E-state index in [1.807, 2.05) is 6.92 Å². The number of rotatable bonds is 5. The number of carbonyl (C=O) groups is 1. The van der Waals surface area contributed by atoms with Gasteiger partial charge >= 0.3 is 0 Å². The van der Waals surface area contributed by atoms with Crippen molar-refractivity contribution in [2.24, 2.45) is 0 Å². The fourth-order valence-electron chi connectivity index (χ4n) is 2.89. The number of hydrogen-bond acceptors (Lipinski definition) is 5.